The first-order valence-electron chi connectivity index (χ1n) is 9.60. The summed E-state index contributed by atoms with van der Waals surface area (Å²) in [6.07, 6.45) is 2.40. The zero-order chi connectivity index (χ0) is 20.0. The van der Waals surface area contributed by atoms with E-state index in [1.54, 1.807) is 12.1 Å². The van der Waals surface area contributed by atoms with Gasteiger partial charge >= 0.3 is 5.97 Å². The third-order valence-corrected chi connectivity index (χ3v) is 6.18. The van der Waals surface area contributed by atoms with E-state index in [-0.39, 0.29) is 16.8 Å². The van der Waals surface area contributed by atoms with Gasteiger partial charge in [0.05, 0.1) is 12.7 Å². The molecule has 3 rings (SSSR count). The molecular formula is C25H30O2. The Balaban J connectivity index is 2.05. The number of rotatable bonds is 3. The normalized spacial score (nSPS) is 17.1. The Bertz CT molecular complexity index is 899. The summed E-state index contributed by atoms with van der Waals surface area (Å²) in [5, 5.41) is 0. The van der Waals surface area contributed by atoms with Crippen molar-refractivity contribution in [2.24, 2.45) is 0 Å². The summed E-state index contributed by atoms with van der Waals surface area (Å²) in [6.45, 7) is 15.9. The average Bonchev–Trinajstić information content (AvgIpc) is 2.64. The molecule has 2 nitrogen and oxygen atoms in total. The molecule has 2 aromatic rings. The van der Waals surface area contributed by atoms with Crippen molar-refractivity contribution in [2.45, 2.75) is 58.3 Å². The highest BCUT2D eigenvalue weighted by Gasteiger charge is 2.37. The highest BCUT2D eigenvalue weighted by Crippen LogP contribution is 2.47. The van der Waals surface area contributed by atoms with Gasteiger partial charge in [-0.15, -0.1) is 0 Å². The molecule has 0 heterocycles. The minimum absolute atomic E-state index is 0.169. The van der Waals surface area contributed by atoms with Crippen LogP contribution in [0, 0.1) is 6.92 Å². The molecule has 0 aromatic heterocycles. The Morgan fingerprint density at radius 2 is 1.41 bits per heavy atom. The van der Waals surface area contributed by atoms with Gasteiger partial charge in [-0.2, -0.15) is 0 Å². The Morgan fingerprint density at radius 1 is 0.926 bits per heavy atom. The molecule has 0 fully saturated rings. The van der Waals surface area contributed by atoms with Crippen LogP contribution in [0.15, 0.2) is 43.0 Å². The molecule has 1 aliphatic rings. The number of esters is 1. The Hall–Kier alpha value is -2.35. The maximum absolute atomic E-state index is 11.7. The average molecular weight is 363 g/mol. The summed E-state index contributed by atoms with van der Waals surface area (Å²) in [7, 11) is 1.40. The van der Waals surface area contributed by atoms with Crippen LogP contribution in [0.2, 0.25) is 0 Å². The highest BCUT2D eigenvalue weighted by molar-refractivity contribution is 5.90. The van der Waals surface area contributed by atoms with Gasteiger partial charge in [-0.25, -0.2) is 4.79 Å². The van der Waals surface area contributed by atoms with Crippen LogP contribution in [-0.2, 0) is 15.6 Å². The number of benzene rings is 2. The molecule has 0 saturated heterocycles. The fourth-order valence-electron chi connectivity index (χ4n) is 4.13. The number of fused-ring (bicyclic) bond motifs is 1. The molecule has 0 radical (unpaired) electrons. The monoisotopic (exact) mass is 362 g/mol. The smallest absolute Gasteiger partial charge is 0.337 e. The first kappa shape index (κ1) is 19.4. The van der Waals surface area contributed by atoms with E-state index >= 15 is 0 Å². The fourth-order valence-corrected chi connectivity index (χ4v) is 4.13. The van der Waals surface area contributed by atoms with Gasteiger partial charge in [0, 0.05) is 0 Å². The first-order valence-corrected chi connectivity index (χ1v) is 9.60. The van der Waals surface area contributed by atoms with Gasteiger partial charge in [0.25, 0.3) is 0 Å². The lowest BCUT2D eigenvalue weighted by Gasteiger charge is -2.42. The van der Waals surface area contributed by atoms with E-state index in [4.69, 9.17) is 4.74 Å². The summed E-state index contributed by atoms with van der Waals surface area (Å²) in [5.74, 6) is -0.318. The fraction of sp³-hybridized carbons (Fsp3) is 0.400. The predicted octanol–water partition coefficient (Wildman–Crippen LogP) is 6.19. The van der Waals surface area contributed by atoms with Crippen LogP contribution >= 0.6 is 0 Å². The SMILES string of the molecule is C=C(c1ccc(C(=O)OC)cc1)c1cc2c(cc1C)C(C)(C)CCC2(C)C. The molecule has 142 valence electrons. The van der Waals surface area contributed by atoms with E-state index < -0.39 is 0 Å². The highest BCUT2D eigenvalue weighted by atomic mass is 16.5. The van der Waals surface area contributed by atoms with Crippen molar-refractivity contribution in [3.8, 4) is 0 Å². The number of methoxy groups -OCH3 is 1. The maximum atomic E-state index is 11.7. The summed E-state index contributed by atoms with van der Waals surface area (Å²) >= 11 is 0. The third kappa shape index (κ3) is 3.45. The molecule has 2 heteroatoms. The first-order chi connectivity index (χ1) is 12.6. The number of aryl methyl sites for hydroxylation is 1. The molecule has 0 bridgehead atoms. The molecule has 0 saturated carbocycles. The van der Waals surface area contributed by atoms with Crippen molar-refractivity contribution in [3.05, 3.63) is 76.4 Å². The lowest BCUT2D eigenvalue weighted by Crippen LogP contribution is -2.34. The van der Waals surface area contributed by atoms with E-state index in [0.29, 0.717) is 5.56 Å². The molecular weight excluding hydrogens is 332 g/mol. The second-order valence-corrected chi connectivity index (χ2v) is 9.03. The van der Waals surface area contributed by atoms with Gasteiger partial charge < -0.3 is 4.74 Å². The van der Waals surface area contributed by atoms with Crippen LogP contribution in [-0.4, -0.2) is 13.1 Å². The lowest BCUT2D eigenvalue weighted by molar-refractivity contribution is 0.0600. The second-order valence-electron chi connectivity index (χ2n) is 9.03. The lowest BCUT2D eigenvalue weighted by atomic mass is 9.62. The Labute approximate surface area is 163 Å². The molecule has 0 amide bonds. The standard InChI is InChI=1S/C25H30O2/c1-16-14-21-22(25(5,6)13-12-24(21,3)4)15-20(16)17(2)18-8-10-19(11-9-18)23(26)27-7/h8-11,14-15H,2,12-13H2,1,3-7H3. The molecule has 0 aliphatic heterocycles. The van der Waals surface area contributed by atoms with Crippen LogP contribution in [0.1, 0.15) is 78.7 Å². The Kier molecular flexibility index (Phi) is 4.80. The van der Waals surface area contributed by atoms with Crippen LogP contribution in [0.25, 0.3) is 5.57 Å². The van der Waals surface area contributed by atoms with Gasteiger partial charge in [-0.3, -0.25) is 0 Å². The predicted molar refractivity (Wildman–Crippen MR) is 112 cm³/mol. The van der Waals surface area contributed by atoms with Crippen LogP contribution in [0.4, 0.5) is 0 Å². The molecule has 0 N–H and O–H groups in total. The van der Waals surface area contributed by atoms with Crippen molar-refractivity contribution >= 4 is 11.5 Å². The molecule has 2 aromatic carbocycles. The van der Waals surface area contributed by atoms with E-state index in [0.717, 1.165) is 11.1 Å². The van der Waals surface area contributed by atoms with Gasteiger partial charge in [-0.05, 0) is 76.1 Å². The minimum Gasteiger partial charge on any atom is -0.465 e. The third-order valence-electron chi connectivity index (χ3n) is 6.18. The van der Waals surface area contributed by atoms with Crippen molar-refractivity contribution in [2.75, 3.05) is 7.11 Å². The summed E-state index contributed by atoms with van der Waals surface area (Å²) in [5.41, 5.74) is 8.29. The summed E-state index contributed by atoms with van der Waals surface area (Å²) in [6, 6.07) is 12.2. The summed E-state index contributed by atoms with van der Waals surface area (Å²) in [4.78, 5) is 11.7. The topological polar surface area (TPSA) is 26.3 Å². The van der Waals surface area contributed by atoms with Crippen molar-refractivity contribution in [1.29, 1.82) is 0 Å². The van der Waals surface area contributed by atoms with Crippen LogP contribution in [0.3, 0.4) is 0 Å². The van der Waals surface area contributed by atoms with Crippen molar-refractivity contribution in [1.82, 2.24) is 0 Å². The number of carbonyl (C=O) groups is 1. The zero-order valence-corrected chi connectivity index (χ0v) is 17.4. The van der Waals surface area contributed by atoms with Gasteiger partial charge in [0.15, 0.2) is 0 Å². The maximum Gasteiger partial charge on any atom is 0.337 e. The van der Waals surface area contributed by atoms with Crippen LogP contribution in [0.5, 0.6) is 0 Å². The largest absolute Gasteiger partial charge is 0.465 e. The van der Waals surface area contributed by atoms with Crippen molar-refractivity contribution < 1.29 is 9.53 Å². The quantitative estimate of drug-likeness (QED) is 0.608. The molecule has 27 heavy (non-hydrogen) atoms. The Morgan fingerprint density at radius 3 is 1.93 bits per heavy atom. The van der Waals surface area contributed by atoms with E-state index in [2.05, 4.69) is 53.3 Å². The number of carbonyl (C=O) groups excluding carboxylic acids is 1. The molecule has 0 spiro atoms. The summed E-state index contributed by atoms with van der Waals surface area (Å²) < 4.78 is 4.78. The van der Waals surface area contributed by atoms with Crippen LogP contribution < -0.4 is 0 Å². The second kappa shape index (κ2) is 6.67. The van der Waals surface area contributed by atoms with Gasteiger partial charge in [0.2, 0.25) is 0 Å². The molecule has 0 unspecified atom stereocenters. The number of ether oxygens (including phenoxy) is 1. The van der Waals surface area contributed by atoms with Gasteiger partial charge in [-0.1, -0.05) is 58.5 Å². The van der Waals surface area contributed by atoms with E-state index in [9.17, 15) is 4.79 Å². The number of hydrogen-bond donors (Lipinski definition) is 0. The minimum atomic E-state index is -0.318. The van der Waals surface area contributed by atoms with E-state index in [1.807, 2.05) is 12.1 Å². The van der Waals surface area contributed by atoms with Gasteiger partial charge in [0.1, 0.15) is 0 Å². The van der Waals surface area contributed by atoms with E-state index in [1.165, 1.54) is 42.2 Å². The molecule has 1 aliphatic carbocycles. The van der Waals surface area contributed by atoms with Crippen molar-refractivity contribution in [3.63, 3.8) is 0 Å². The number of hydrogen-bond acceptors (Lipinski definition) is 2. The zero-order valence-electron chi connectivity index (χ0n) is 17.4. The molecule has 0 atom stereocenters.